The van der Waals surface area contributed by atoms with Gasteiger partial charge in [0.25, 0.3) is 5.91 Å². The Morgan fingerprint density at radius 1 is 1.16 bits per heavy atom. The van der Waals surface area contributed by atoms with E-state index >= 15 is 0 Å². The molecule has 0 saturated carbocycles. The van der Waals surface area contributed by atoms with Crippen LogP contribution in [0.2, 0.25) is 0 Å². The minimum Gasteiger partial charge on any atom is -0.319 e. The molecule has 1 aromatic carbocycles. The van der Waals surface area contributed by atoms with E-state index in [0.29, 0.717) is 21.7 Å². The lowest BCUT2D eigenvalue weighted by Gasteiger charge is -2.07. The summed E-state index contributed by atoms with van der Waals surface area (Å²) < 4.78 is 8.92. The SMILES string of the molecule is O=C(Nc1cccc2c1N=S=N2)c1cccc(Br)n1. The first-order valence-electron chi connectivity index (χ1n) is 5.39. The first kappa shape index (κ1) is 12.2. The first-order valence-corrected chi connectivity index (χ1v) is 6.91. The molecule has 7 heteroatoms. The van der Waals surface area contributed by atoms with Crippen molar-refractivity contribution in [3.63, 3.8) is 0 Å². The molecule has 1 aliphatic heterocycles. The number of hydrogen-bond donors (Lipinski definition) is 1. The molecular formula is C12H7BrN4OS. The van der Waals surface area contributed by atoms with Crippen LogP contribution in [0.3, 0.4) is 0 Å². The molecule has 1 amide bonds. The predicted octanol–water partition coefficient (Wildman–Crippen LogP) is 3.82. The molecule has 1 aromatic heterocycles. The van der Waals surface area contributed by atoms with Gasteiger partial charge in [0.15, 0.2) is 0 Å². The Labute approximate surface area is 121 Å². The fourth-order valence-electron chi connectivity index (χ4n) is 1.63. The molecular weight excluding hydrogens is 328 g/mol. The highest BCUT2D eigenvalue weighted by Crippen LogP contribution is 2.38. The number of pyridine rings is 1. The minimum absolute atomic E-state index is 0.276. The standard InChI is InChI=1S/C12H7BrN4OS/c13-10-6-2-5-9(14-10)12(18)15-7-3-1-4-8-11(7)17-19-16-8/h1-6H,(H,15,18). The molecule has 0 unspecified atom stereocenters. The number of amides is 1. The fraction of sp³-hybridized carbons (Fsp3) is 0. The second-order valence-corrected chi connectivity index (χ2v) is 5.08. The third-order valence-corrected chi connectivity index (χ3v) is 3.47. The van der Waals surface area contributed by atoms with Crippen molar-refractivity contribution in [2.45, 2.75) is 0 Å². The van der Waals surface area contributed by atoms with Crippen molar-refractivity contribution >= 4 is 50.3 Å². The molecule has 0 spiro atoms. The number of carbonyl (C=O) groups is 1. The first-order chi connectivity index (χ1) is 9.24. The number of halogens is 1. The summed E-state index contributed by atoms with van der Waals surface area (Å²) in [5.41, 5.74) is 2.44. The Bertz CT molecular complexity index is 740. The average molecular weight is 335 g/mol. The quantitative estimate of drug-likeness (QED) is 0.724. The van der Waals surface area contributed by atoms with Crippen LogP contribution in [0.5, 0.6) is 0 Å². The summed E-state index contributed by atoms with van der Waals surface area (Å²) in [6.07, 6.45) is 0. The van der Waals surface area contributed by atoms with Crippen molar-refractivity contribution in [2.24, 2.45) is 8.73 Å². The zero-order valence-electron chi connectivity index (χ0n) is 9.50. The molecule has 0 atom stereocenters. The van der Waals surface area contributed by atoms with Crippen LogP contribution in [0.4, 0.5) is 17.1 Å². The molecule has 94 valence electrons. The van der Waals surface area contributed by atoms with Crippen LogP contribution in [0.15, 0.2) is 49.7 Å². The van der Waals surface area contributed by atoms with Gasteiger partial charge in [0.05, 0.1) is 17.0 Å². The van der Waals surface area contributed by atoms with Gasteiger partial charge in [0, 0.05) is 0 Å². The van der Waals surface area contributed by atoms with E-state index in [0.717, 1.165) is 17.0 Å². The Morgan fingerprint density at radius 2 is 2.00 bits per heavy atom. The predicted molar refractivity (Wildman–Crippen MR) is 77.9 cm³/mol. The van der Waals surface area contributed by atoms with Crippen LogP contribution >= 0.6 is 15.9 Å². The smallest absolute Gasteiger partial charge is 0.274 e. The third kappa shape index (κ3) is 2.47. The number of anilines is 1. The van der Waals surface area contributed by atoms with Gasteiger partial charge in [0.2, 0.25) is 0 Å². The van der Waals surface area contributed by atoms with Gasteiger partial charge in [-0.2, -0.15) is 8.73 Å². The largest absolute Gasteiger partial charge is 0.319 e. The van der Waals surface area contributed by atoms with Crippen molar-refractivity contribution in [1.82, 2.24) is 4.98 Å². The number of rotatable bonds is 2. The second-order valence-electron chi connectivity index (χ2n) is 3.74. The van der Waals surface area contributed by atoms with Crippen LogP contribution in [0.1, 0.15) is 10.5 Å². The molecule has 5 nitrogen and oxygen atoms in total. The summed E-state index contributed by atoms with van der Waals surface area (Å²) in [6, 6.07) is 10.7. The van der Waals surface area contributed by atoms with E-state index in [1.807, 2.05) is 12.1 Å². The number of carbonyl (C=O) groups excluding carboxylic acids is 1. The van der Waals surface area contributed by atoms with E-state index in [1.54, 1.807) is 24.3 Å². The Morgan fingerprint density at radius 3 is 2.84 bits per heavy atom. The van der Waals surface area contributed by atoms with Crippen LogP contribution in [-0.2, 0) is 11.4 Å². The molecule has 1 aliphatic rings. The number of benzene rings is 1. The maximum Gasteiger partial charge on any atom is 0.274 e. The van der Waals surface area contributed by atoms with Crippen LogP contribution in [0.25, 0.3) is 0 Å². The van der Waals surface area contributed by atoms with Gasteiger partial charge in [-0.05, 0) is 40.2 Å². The Hall–Kier alpha value is -1.86. The van der Waals surface area contributed by atoms with Gasteiger partial charge < -0.3 is 5.32 Å². The van der Waals surface area contributed by atoms with Crippen molar-refractivity contribution in [3.8, 4) is 0 Å². The van der Waals surface area contributed by atoms with Gasteiger partial charge in [0.1, 0.15) is 21.7 Å². The van der Waals surface area contributed by atoms with Gasteiger partial charge in [-0.1, -0.05) is 12.1 Å². The van der Waals surface area contributed by atoms with Gasteiger partial charge in [-0.3, -0.25) is 4.79 Å². The molecule has 0 radical (unpaired) electrons. The Kier molecular flexibility index (Phi) is 3.22. The third-order valence-electron chi connectivity index (χ3n) is 2.48. The Balaban J connectivity index is 1.89. The zero-order chi connectivity index (χ0) is 13.2. The number of nitrogens with one attached hydrogen (secondary N) is 1. The van der Waals surface area contributed by atoms with Crippen molar-refractivity contribution < 1.29 is 4.79 Å². The molecule has 2 aromatic rings. The highest BCUT2D eigenvalue weighted by molar-refractivity contribution is 9.10. The maximum absolute atomic E-state index is 12.1. The van der Waals surface area contributed by atoms with E-state index in [1.165, 1.54) is 0 Å². The maximum atomic E-state index is 12.1. The van der Waals surface area contributed by atoms with Crippen molar-refractivity contribution in [1.29, 1.82) is 0 Å². The lowest BCUT2D eigenvalue weighted by molar-refractivity contribution is 0.102. The highest BCUT2D eigenvalue weighted by Gasteiger charge is 2.14. The molecule has 19 heavy (non-hydrogen) atoms. The van der Waals surface area contributed by atoms with E-state index in [9.17, 15) is 4.79 Å². The number of hydrogen-bond acceptors (Lipinski definition) is 4. The van der Waals surface area contributed by atoms with Crippen LogP contribution < -0.4 is 5.32 Å². The summed E-state index contributed by atoms with van der Waals surface area (Å²) in [5, 5.41) is 2.80. The summed E-state index contributed by atoms with van der Waals surface area (Å²) in [5.74, 6) is -0.276. The molecule has 1 N–H and O–H groups in total. The average Bonchev–Trinajstić information content (AvgIpc) is 2.88. The van der Waals surface area contributed by atoms with E-state index in [-0.39, 0.29) is 5.91 Å². The zero-order valence-corrected chi connectivity index (χ0v) is 11.9. The van der Waals surface area contributed by atoms with Gasteiger partial charge >= 0.3 is 0 Å². The van der Waals surface area contributed by atoms with Crippen molar-refractivity contribution in [3.05, 3.63) is 46.7 Å². The fourth-order valence-corrected chi connectivity index (χ4v) is 2.52. The van der Waals surface area contributed by atoms with E-state index in [2.05, 4.69) is 35.0 Å². The monoisotopic (exact) mass is 334 g/mol. The molecule has 0 aliphatic carbocycles. The summed E-state index contributed by atoms with van der Waals surface area (Å²) >= 11 is 4.36. The second kappa shape index (κ2) is 5.02. The summed E-state index contributed by atoms with van der Waals surface area (Å²) in [7, 11) is 0. The summed E-state index contributed by atoms with van der Waals surface area (Å²) in [4.78, 5) is 16.2. The topological polar surface area (TPSA) is 66.7 Å². The van der Waals surface area contributed by atoms with Crippen LogP contribution in [0, 0.1) is 0 Å². The lowest BCUT2D eigenvalue weighted by atomic mass is 10.2. The highest BCUT2D eigenvalue weighted by atomic mass is 79.9. The van der Waals surface area contributed by atoms with E-state index in [4.69, 9.17) is 0 Å². The molecule has 2 heterocycles. The van der Waals surface area contributed by atoms with Gasteiger partial charge in [-0.25, -0.2) is 4.98 Å². The lowest BCUT2D eigenvalue weighted by Crippen LogP contribution is -2.13. The van der Waals surface area contributed by atoms with Gasteiger partial charge in [-0.15, -0.1) is 0 Å². The number of fused-ring (bicyclic) bond motifs is 1. The molecule has 0 saturated heterocycles. The summed E-state index contributed by atoms with van der Waals surface area (Å²) in [6.45, 7) is 0. The normalized spacial score (nSPS) is 11.8. The van der Waals surface area contributed by atoms with Crippen LogP contribution in [-0.4, -0.2) is 10.9 Å². The number of aromatic nitrogens is 1. The number of nitrogens with zero attached hydrogens (tertiary/aromatic N) is 3. The minimum atomic E-state index is -0.276. The van der Waals surface area contributed by atoms with E-state index < -0.39 is 0 Å². The molecule has 0 fully saturated rings. The molecule has 0 bridgehead atoms. The molecule has 3 rings (SSSR count). The van der Waals surface area contributed by atoms with Crippen molar-refractivity contribution in [2.75, 3.05) is 5.32 Å².